The Morgan fingerprint density at radius 2 is 1.75 bits per heavy atom. The van der Waals surface area contributed by atoms with Crippen molar-refractivity contribution in [2.24, 2.45) is 0 Å². The Labute approximate surface area is 96.3 Å². The fourth-order valence-electron chi connectivity index (χ4n) is 1.38. The number of rotatable bonds is 7. The van der Waals surface area contributed by atoms with E-state index in [4.69, 9.17) is 15.1 Å². The molecule has 1 aromatic carbocycles. The van der Waals surface area contributed by atoms with Gasteiger partial charge in [-0.05, 0) is 43.5 Å². The third-order valence-corrected chi connectivity index (χ3v) is 2.30. The van der Waals surface area contributed by atoms with E-state index in [0.717, 1.165) is 31.4 Å². The van der Waals surface area contributed by atoms with Gasteiger partial charge in [0.1, 0.15) is 5.75 Å². The first-order valence-electron chi connectivity index (χ1n) is 5.60. The molecule has 0 spiro atoms. The maximum atomic E-state index is 8.61. The molecule has 0 aliphatic carbocycles. The highest BCUT2D eigenvalue weighted by Gasteiger charge is 1.94. The number of unbranched alkanes of at least 4 members (excludes halogenated alkanes) is 3. The first kappa shape index (κ1) is 12.5. The lowest BCUT2D eigenvalue weighted by Gasteiger charge is -2.05. The second-order valence-corrected chi connectivity index (χ2v) is 3.62. The Morgan fingerprint density at radius 3 is 2.38 bits per heavy atom. The zero-order chi connectivity index (χ0) is 11.6. The Bertz CT molecular complexity index is 327. The van der Waals surface area contributed by atoms with Crippen LogP contribution in [0.4, 0.5) is 0 Å². The quantitative estimate of drug-likeness (QED) is 0.717. The molecule has 0 amide bonds. The second kappa shape index (κ2) is 7.72. The van der Waals surface area contributed by atoms with E-state index in [2.05, 4.69) is 6.07 Å². The summed E-state index contributed by atoms with van der Waals surface area (Å²) in [4.78, 5) is 0. The summed E-state index contributed by atoms with van der Waals surface area (Å²) in [6, 6.07) is 9.19. The summed E-state index contributed by atoms with van der Waals surface area (Å²) in [7, 11) is 0. The van der Waals surface area contributed by atoms with Crippen molar-refractivity contribution in [3.05, 3.63) is 29.8 Å². The van der Waals surface area contributed by atoms with E-state index < -0.39 is 0 Å². The van der Waals surface area contributed by atoms with Crippen LogP contribution in [-0.4, -0.2) is 18.3 Å². The minimum absolute atomic E-state index is 0.274. The molecule has 86 valence electrons. The van der Waals surface area contributed by atoms with E-state index in [9.17, 15) is 0 Å². The Hall–Kier alpha value is -1.53. The third-order valence-electron chi connectivity index (χ3n) is 2.30. The van der Waals surface area contributed by atoms with Crippen molar-refractivity contribution in [1.82, 2.24) is 0 Å². The van der Waals surface area contributed by atoms with Crippen molar-refractivity contribution < 1.29 is 9.84 Å². The fraction of sp³-hybridized carbons (Fsp3) is 0.462. The van der Waals surface area contributed by atoms with Gasteiger partial charge in [-0.25, -0.2) is 0 Å². The molecule has 0 aromatic heterocycles. The molecule has 1 aromatic rings. The van der Waals surface area contributed by atoms with E-state index in [1.807, 2.05) is 12.1 Å². The van der Waals surface area contributed by atoms with Gasteiger partial charge in [0.15, 0.2) is 0 Å². The summed E-state index contributed by atoms with van der Waals surface area (Å²) in [5.41, 5.74) is 0.648. The number of ether oxygens (including phenoxy) is 1. The molecule has 0 aliphatic heterocycles. The number of hydrogen-bond acceptors (Lipinski definition) is 3. The van der Waals surface area contributed by atoms with Gasteiger partial charge in [-0.1, -0.05) is 6.42 Å². The minimum Gasteiger partial charge on any atom is -0.494 e. The number of aliphatic hydroxyl groups is 1. The van der Waals surface area contributed by atoms with Gasteiger partial charge in [-0.3, -0.25) is 0 Å². The largest absolute Gasteiger partial charge is 0.494 e. The molecule has 0 heterocycles. The van der Waals surface area contributed by atoms with Gasteiger partial charge in [0, 0.05) is 6.61 Å². The molecule has 0 aliphatic rings. The van der Waals surface area contributed by atoms with E-state index in [1.165, 1.54) is 0 Å². The standard InChI is InChI=1S/C13H17NO2/c14-11-12-5-7-13(8-6-12)16-10-4-2-1-3-9-15/h5-8,15H,1-4,9-10H2. The van der Waals surface area contributed by atoms with Gasteiger partial charge in [-0.2, -0.15) is 5.26 Å². The van der Waals surface area contributed by atoms with Gasteiger partial charge < -0.3 is 9.84 Å². The molecule has 0 saturated carbocycles. The summed E-state index contributed by atoms with van der Waals surface area (Å²) in [6.45, 7) is 0.966. The van der Waals surface area contributed by atoms with Gasteiger partial charge in [0.2, 0.25) is 0 Å². The molecule has 3 heteroatoms. The van der Waals surface area contributed by atoms with Gasteiger partial charge in [0.25, 0.3) is 0 Å². The monoisotopic (exact) mass is 219 g/mol. The van der Waals surface area contributed by atoms with Crippen molar-refractivity contribution >= 4 is 0 Å². The number of benzene rings is 1. The predicted octanol–water partition coefficient (Wildman–Crippen LogP) is 2.49. The van der Waals surface area contributed by atoms with Crippen LogP contribution < -0.4 is 4.74 Å². The maximum absolute atomic E-state index is 8.61. The molecule has 3 nitrogen and oxygen atoms in total. The summed E-state index contributed by atoms with van der Waals surface area (Å²) >= 11 is 0. The minimum atomic E-state index is 0.274. The van der Waals surface area contributed by atoms with E-state index in [-0.39, 0.29) is 6.61 Å². The van der Waals surface area contributed by atoms with E-state index in [0.29, 0.717) is 12.2 Å². The van der Waals surface area contributed by atoms with Crippen LogP contribution in [0, 0.1) is 11.3 Å². The van der Waals surface area contributed by atoms with Crippen molar-refractivity contribution in [3.8, 4) is 11.8 Å². The van der Waals surface area contributed by atoms with Gasteiger partial charge >= 0.3 is 0 Å². The van der Waals surface area contributed by atoms with E-state index >= 15 is 0 Å². The van der Waals surface area contributed by atoms with Crippen molar-refractivity contribution in [1.29, 1.82) is 5.26 Å². The van der Waals surface area contributed by atoms with Crippen molar-refractivity contribution in [2.45, 2.75) is 25.7 Å². The molecule has 0 unspecified atom stereocenters. The predicted molar refractivity (Wildman–Crippen MR) is 62.2 cm³/mol. The number of nitriles is 1. The lowest BCUT2D eigenvalue weighted by Crippen LogP contribution is -1.97. The van der Waals surface area contributed by atoms with Gasteiger partial charge in [-0.15, -0.1) is 0 Å². The van der Waals surface area contributed by atoms with Crippen LogP contribution in [0.3, 0.4) is 0 Å². The van der Waals surface area contributed by atoms with Crippen molar-refractivity contribution in [3.63, 3.8) is 0 Å². The summed E-state index contributed by atoms with van der Waals surface area (Å²) in [5.74, 6) is 0.807. The smallest absolute Gasteiger partial charge is 0.119 e. The van der Waals surface area contributed by atoms with Crippen LogP contribution in [0.5, 0.6) is 5.75 Å². The Kier molecular flexibility index (Phi) is 6.05. The number of aliphatic hydroxyl groups excluding tert-OH is 1. The topological polar surface area (TPSA) is 53.2 Å². The van der Waals surface area contributed by atoms with Crippen molar-refractivity contribution in [2.75, 3.05) is 13.2 Å². The highest BCUT2D eigenvalue weighted by molar-refractivity contribution is 5.34. The number of nitrogens with zero attached hydrogens (tertiary/aromatic N) is 1. The summed E-state index contributed by atoms with van der Waals surface area (Å²) < 4.78 is 5.51. The van der Waals surface area contributed by atoms with Crippen LogP contribution in [0.1, 0.15) is 31.2 Å². The SMILES string of the molecule is N#Cc1ccc(OCCCCCCO)cc1. The summed E-state index contributed by atoms with van der Waals surface area (Å²) in [5, 5.41) is 17.2. The molecule has 0 radical (unpaired) electrons. The number of hydrogen-bond donors (Lipinski definition) is 1. The lowest BCUT2D eigenvalue weighted by atomic mass is 10.2. The van der Waals surface area contributed by atoms with E-state index in [1.54, 1.807) is 12.1 Å². The molecular weight excluding hydrogens is 202 g/mol. The normalized spacial score (nSPS) is 9.75. The fourth-order valence-corrected chi connectivity index (χ4v) is 1.38. The molecule has 0 atom stereocenters. The molecule has 1 rings (SSSR count). The maximum Gasteiger partial charge on any atom is 0.119 e. The summed E-state index contributed by atoms with van der Waals surface area (Å²) in [6.07, 6.45) is 4.00. The average molecular weight is 219 g/mol. The lowest BCUT2D eigenvalue weighted by molar-refractivity contribution is 0.273. The zero-order valence-electron chi connectivity index (χ0n) is 9.35. The van der Waals surface area contributed by atoms with Gasteiger partial charge in [0.05, 0.1) is 18.2 Å². The molecule has 0 saturated heterocycles. The molecule has 0 fully saturated rings. The zero-order valence-corrected chi connectivity index (χ0v) is 9.35. The van der Waals surface area contributed by atoms with Crippen LogP contribution in [0.15, 0.2) is 24.3 Å². The van der Waals surface area contributed by atoms with Crippen LogP contribution in [0.2, 0.25) is 0 Å². The molecule has 0 bridgehead atoms. The highest BCUT2D eigenvalue weighted by atomic mass is 16.5. The first-order chi connectivity index (χ1) is 7.86. The third kappa shape index (κ3) is 4.81. The van der Waals surface area contributed by atoms with Crippen LogP contribution in [0.25, 0.3) is 0 Å². The first-order valence-corrected chi connectivity index (χ1v) is 5.60. The average Bonchev–Trinajstić information content (AvgIpc) is 2.34. The molecule has 1 N–H and O–H groups in total. The highest BCUT2D eigenvalue weighted by Crippen LogP contribution is 2.12. The Morgan fingerprint density at radius 1 is 1.06 bits per heavy atom. The van der Waals surface area contributed by atoms with Crippen LogP contribution >= 0.6 is 0 Å². The second-order valence-electron chi connectivity index (χ2n) is 3.62. The van der Waals surface area contributed by atoms with Crippen LogP contribution in [-0.2, 0) is 0 Å². The Balaban J connectivity index is 2.15. The molecular formula is C13H17NO2. The molecule has 16 heavy (non-hydrogen) atoms.